The van der Waals surface area contributed by atoms with Gasteiger partial charge in [0.1, 0.15) is 10.3 Å². The Bertz CT molecular complexity index is 601. The SMILES string of the molecule is Cc1cc(-c2nc(C)c(Br)c(=O)[nH]2)c(C)s1. The zero-order chi connectivity index (χ0) is 11.9. The molecule has 0 aromatic carbocycles. The Morgan fingerprint density at radius 2 is 2.06 bits per heavy atom. The molecular weight excluding hydrogens is 288 g/mol. The summed E-state index contributed by atoms with van der Waals surface area (Å²) in [6, 6.07) is 2.05. The van der Waals surface area contributed by atoms with Gasteiger partial charge in [-0.15, -0.1) is 11.3 Å². The van der Waals surface area contributed by atoms with Crippen molar-refractivity contribution in [3.63, 3.8) is 0 Å². The van der Waals surface area contributed by atoms with Crippen LogP contribution in [0.1, 0.15) is 15.4 Å². The van der Waals surface area contributed by atoms with E-state index in [1.54, 1.807) is 11.3 Å². The van der Waals surface area contributed by atoms with Crippen molar-refractivity contribution < 1.29 is 0 Å². The minimum atomic E-state index is -0.134. The lowest BCUT2D eigenvalue weighted by Gasteiger charge is -2.02. The first-order valence-corrected chi connectivity index (χ1v) is 6.44. The van der Waals surface area contributed by atoms with Crippen molar-refractivity contribution in [3.05, 3.63) is 36.3 Å². The molecule has 0 aliphatic carbocycles. The summed E-state index contributed by atoms with van der Waals surface area (Å²) in [4.78, 5) is 21.2. The van der Waals surface area contributed by atoms with E-state index in [1.807, 2.05) is 26.8 Å². The van der Waals surface area contributed by atoms with Gasteiger partial charge in [-0.3, -0.25) is 4.79 Å². The number of hydrogen-bond acceptors (Lipinski definition) is 3. The molecule has 0 spiro atoms. The molecule has 0 saturated carbocycles. The topological polar surface area (TPSA) is 45.8 Å². The van der Waals surface area contributed by atoms with Crippen molar-refractivity contribution in [3.8, 4) is 11.4 Å². The van der Waals surface area contributed by atoms with Crippen LogP contribution in [0.4, 0.5) is 0 Å². The highest BCUT2D eigenvalue weighted by Crippen LogP contribution is 2.28. The third kappa shape index (κ3) is 1.97. The molecule has 2 aromatic heterocycles. The standard InChI is InChI=1S/C11H11BrN2OS/c1-5-4-8(7(3)16-5)10-13-6(2)9(12)11(15)14-10/h4H,1-3H3,(H,13,14,15). The molecule has 1 N–H and O–H groups in total. The summed E-state index contributed by atoms with van der Waals surface area (Å²) in [6.45, 7) is 5.90. The Kier molecular flexibility index (Phi) is 2.99. The van der Waals surface area contributed by atoms with Crippen LogP contribution in [0.25, 0.3) is 11.4 Å². The molecule has 0 amide bonds. The lowest BCUT2D eigenvalue weighted by atomic mass is 10.2. The Hall–Kier alpha value is -0.940. The van der Waals surface area contributed by atoms with Gasteiger partial charge in [0.25, 0.3) is 5.56 Å². The van der Waals surface area contributed by atoms with Gasteiger partial charge in [0, 0.05) is 15.3 Å². The predicted molar refractivity (Wildman–Crippen MR) is 70.1 cm³/mol. The zero-order valence-corrected chi connectivity index (χ0v) is 11.6. The maximum atomic E-state index is 11.6. The van der Waals surface area contributed by atoms with Gasteiger partial charge in [0.15, 0.2) is 0 Å². The van der Waals surface area contributed by atoms with E-state index in [1.165, 1.54) is 9.75 Å². The average molecular weight is 299 g/mol. The number of aromatic amines is 1. The van der Waals surface area contributed by atoms with Crippen LogP contribution < -0.4 is 5.56 Å². The molecule has 2 heterocycles. The van der Waals surface area contributed by atoms with Gasteiger partial charge in [-0.1, -0.05) is 0 Å². The number of nitrogens with zero attached hydrogens (tertiary/aromatic N) is 1. The Labute approximate surface area is 106 Å². The van der Waals surface area contributed by atoms with Gasteiger partial charge < -0.3 is 4.98 Å². The molecule has 5 heteroatoms. The largest absolute Gasteiger partial charge is 0.306 e. The first-order valence-electron chi connectivity index (χ1n) is 4.83. The van der Waals surface area contributed by atoms with Gasteiger partial charge in [-0.05, 0) is 42.8 Å². The monoisotopic (exact) mass is 298 g/mol. The summed E-state index contributed by atoms with van der Waals surface area (Å²) in [5.41, 5.74) is 1.59. The van der Waals surface area contributed by atoms with Crippen molar-refractivity contribution in [2.45, 2.75) is 20.8 Å². The van der Waals surface area contributed by atoms with Crippen LogP contribution in [0, 0.1) is 20.8 Å². The summed E-state index contributed by atoms with van der Waals surface area (Å²) >= 11 is 4.91. The number of aromatic nitrogens is 2. The highest BCUT2D eigenvalue weighted by atomic mass is 79.9. The van der Waals surface area contributed by atoms with Crippen LogP contribution >= 0.6 is 27.3 Å². The second kappa shape index (κ2) is 4.14. The molecule has 0 aliphatic rings. The molecule has 0 radical (unpaired) electrons. The second-order valence-electron chi connectivity index (χ2n) is 3.64. The molecule has 0 atom stereocenters. The summed E-state index contributed by atoms with van der Waals surface area (Å²) in [5, 5.41) is 0. The second-order valence-corrected chi connectivity index (χ2v) is 5.89. The van der Waals surface area contributed by atoms with E-state index in [2.05, 4.69) is 25.9 Å². The lowest BCUT2D eigenvalue weighted by molar-refractivity contribution is 1.05. The van der Waals surface area contributed by atoms with E-state index in [9.17, 15) is 4.79 Å². The molecule has 0 saturated heterocycles. The third-order valence-electron chi connectivity index (χ3n) is 2.32. The van der Waals surface area contributed by atoms with Crippen LogP contribution in [0.3, 0.4) is 0 Å². The quantitative estimate of drug-likeness (QED) is 0.879. The molecule has 0 aliphatic heterocycles. The maximum Gasteiger partial charge on any atom is 0.265 e. The maximum absolute atomic E-state index is 11.6. The molecule has 3 nitrogen and oxygen atoms in total. The predicted octanol–water partition coefficient (Wildman–Crippen LogP) is 3.19. The fraction of sp³-hybridized carbons (Fsp3) is 0.273. The molecule has 2 rings (SSSR count). The van der Waals surface area contributed by atoms with Crippen LogP contribution in [-0.4, -0.2) is 9.97 Å². The highest BCUT2D eigenvalue weighted by Gasteiger charge is 2.10. The smallest absolute Gasteiger partial charge is 0.265 e. The first kappa shape index (κ1) is 11.5. The fourth-order valence-corrected chi connectivity index (χ4v) is 2.68. The fourth-order valence-electron chi connectivity index (χ4n) is 1.56. The molecule has 84 valence electrons. The Morgan fingerprint density at radius 3 is 2.56 bits per heavy atom. The molecule has 16 heavy (non-hydrogen) atoms. The van der Waals surface area contributed by atoms with E-state index >= 15 is 0 Å². The van der Waals surface area contributed by atoms with Crippen molar-refractivity contribution in [2.24, 2.45) is 0 Å². The van der Waals surface area contributed by atoms with Crippen LogP contribution in [0.2, 0.25) is 0 Å². The Balaban J connectivity index is 2.66. The van der Waals surface area contributed by atoms with E-state index in [0.717, 1.165) is 5.56 Å². The van der Waals surface area contributed by atoms with Gasteiger partial charge in [-0.25, -0.2) is 4.98 Å². The van der Waals surface area contributed by atoms with Gasteiger partial charge in [0.05, 0.1) is 5.69 Å². The van der Waals surface area contributed by atoms with Crippen LogP contribution in [-0.2, 0) is 0 Å². The van der Waals surface area contributed by atoms with E-state index in [0.29, 0.717) is 16.0 Å². The van der Waals surface area contributed by atoms with Crippen molar-refractivity contribution in [1.29, 1.82) is 0 Å². The van der Waals surface area contributed by atoms with E-state index < -0.39 is 0 Å². The molecule has 0 unspecified atom stereocenters. The zero-order valence-electron chi connectivity index (χ0n) is 9.22. The molecular formula is C11H11BrN2OS. The van der Waals surface area contributed by atoms with Gasteiger partial charge in [0.2, 0.25) is 0 Å². The van der Waals surface area contributed by atoms with Crippen LogP contribution in [0.5, 0.6) is 0 Å². The van der Waals surface area contributed by atoms with Gasteiger partial charge >= 0.3 is 0 Å². The third-order valence-corrected chi connectivity index (χ3v) is 4.22. The summed E-state index contributed by atoms with van der Waals surface area (Å²) in [7, 11) is 0. The number of aryl methyl sites for hydroxylation is 3. The van der Waals surface area contributed by atoms with Crippen molar-refractivity contribution in [2.75, 3.05) is 0 Å². The van der Waals surface area contributed by atoms with Gasteiger partial charge in [-0.2, -0.15) is 0 Å². The summed E-state index contributed by atoms with van der Waals surface area (Å²) in [5.74, 6) is 0.646. The Morgan fingerprint density at radius 1 is 1.38 bits per heavy atom. The van der Waals surface area contributed by atoms with Crippen molar-refractivity contribution in [1.82, 2.24) is 9.97 Å². The molecule has 2 aromatic rings. The molecule has 0 bridgehead atoms. The minimum Gasteiger partial charge on any atom is -0.306 e. The highest BCUT2D eigenvalue weighted by molar-refractivity contribution is 9.10. The number of rotatable bonds is 1. The number of hydrogen-bond donors (Lipinski definition) is 1. The average Bonchev–Trinajstić information content (AvgIpc) is 2.53. The first-order chi connectivity index (χ1) is 7.49. The van der Waals surface area contributed by atoms with E-state index in [4.69, 9.17) is 0 Å². The number of nitrogens with one attached hydrogen (secondary N) is 1. The summed E-state index contributed by atoms with van der Waals surface area (Å²) < 4.78 is 0.501. The van der Waals surface area contributed by atoms with Crippen LogP contribution in [0.15, 0.2) is 15.3 Å². The minimum absolute atomic E-state index is 0.134. The summed E-state index contributed by atoms with van der Waals surface area (Å²) in [6.07, 6.45) is 0. The lowest BCUT2D eigenvalue weighted by Crippen LogP contribution is -2.11. The molecule has 0 fully saturated rings. The number of thiophene rings is 1. The van der Waals surface area contributed by atoms with E-state index in [-0.39, 0.29) is 5.56 Å². The number of H-pyrrole nitrogens is 1. The van der Waals surface area contributed by atoms with Crippen molar-refractivity contribution >= 4 is 27.3 Å². The normalized spacial score (nSPS) is 10.8. The number of halogens is 1.